The number of rotatable bonds is 34. The molecule has 13 nitrogen and oxygen atoms in total. The van der Waals surface area contributed by atoms with E-state index in [1.165, 1.54) is 12.8 Å². The summed E-state index contributed by atoms with van der Waals surface area (Å²) in [6.07, 6.45) is 12.4. The second-order valence-corrected chi connectivity index (χ2v) is 11.4. The molecule has 0 bridgehead atoms. The number of ether oxygens (including phenoxy) is 6. The van der Waals surface area contributed by atoms with Gasteiger partial charge in [0.2, 0.25) is 0 Å². The lowest BCUT2D eigenvalue weighted by atomic mass is 10.1. The van der Waals surface area contributed by atoms with Gasteiger partial charge in [0.1, 0.15) is 26.4 Å². The largest absolute Gasteiger partial charge is 0.464 e. The van der Waals surface area contributed by atoms with E-state index in [0.29, 0.717) is 25.9 Å². The Hall–Kier alpha value is -3.22. The van der Waals surface area contributed by atoms with Gasteiger partial charge in [-0.25, -0.2) is 0 Å². The van der Waals surface area contributed by atoms with Crippen molar-refractivity contribution >= 4 is 36.8 Å². The summed E-state index contributed by atoms with van der Waals surface area (Å²) in [5.74, 6) is -1.79. The summed E-state index contributed by atoms with van der Waals surface area (Å²) in [5, 5.41) is 3.13. The molecule has 0 aliphatic heterocycles. The molecule has 0 aromatic carbocycles. The van der Waals surface area contributed by atoms with Crippen LogP contribution in [0.2, 0.25) is 0 Å². The third kappa shape index (κ3) is 29.9. The smallest absolute Gasteiger partial charge is 0.306 e. The zero-order valence-electron chi connectivity index (χ0n) is 28.7. The van der Waals surface area contributed by atoms with Gasteiger partial charge in [0.15, 0.2) is 12.2 Å². The molecule has 0 spiro atoms. The van der Waals surface area contributed by atoms with E-state index in [9.17, 15) is 28.8 Å². The Balaban J connectivity index is 4.16. The number of esters is 4. The highest BCUT2D eigenvalue weighted by Gasteiger charge is 2.19. The minimum absolute atomic E-state index is 0.0916. The Morgan fingerprint density at radius 2 is 0.851 bits per heavy atom. The van der Waals surface area contributed by atoms with E-state index in [1.54, 1.807) is 0 Å². The van der Waals surface area contributed by atoms with E-state index in [4.69, 9.17) is 28.4 Å². The molecule has 0 heterocycles. The molecule has 0 radical (unpaired) electrons. The maximum absolute atomic E-state index is 12.3. The van der Waals surface area contributed by atoms with Crippen LogP contribution in [0.3, 0.4) is 0 Å². The topological polar surface area (TPSA) is 170 Å². The van der Waals surface area contributed by atoms with Crippen molar-refractivity contribution in [1.82, 2.24) is 5.32 Å². The van der Waals surface area contributed by atoms with Crippen LogP contribution >= 0.6 is 0 Å². The van der Waals surface area contributed by atoms with Crippen molar-refractivity contribution in [2.24, 2.45) is 0 Å². The molecule has 0 fully saturated rings. The molecule has 0 aromatic heterocycles. The van der Waals surface area contributed by atoms with Gasteiger partial charge < -0.3 is 33.7 Å². The van der Waals surface area contributed by atoms with E-state index in [-0.39, 0.29) is 77.0 Å². The Kier molecular flexibility index (Phi) is 30.5. The SMILES string of the molecule is CCCCCCCCC(=O)OCC(COC=O)OC(=O)CCCNCCCC(=O)OC(COC=O)COC(=O)CCCCCCCC. The average Bonchev–Trinajstić information content (AvgIpc) is 3.06. The molecule has 272 valence electrons. The molecule has 0 aromatic rings. The molecular formula is C34H59NO12. The molecule has 2 unspecified atom stereocenters. The molecule has 2 atom stereocenters. The minimum Gasteiger partial charge on any atom is -0.464 e. The third-order valence-electron chi connectivity index (χ3n) is 7.09. The monoisotopic (exact) mass is 673 g/mol. The van der Waals surface area contributed by atoms with Crippen molar-refractivity contribution in [2.75, 3.05) is 39.5 Å². The zero-order chi connectivity index (χ0) is 34.8. The maximum atomic E-state index is 12.3. The van der Waals surface area contributed by atoms with Crippen LogP contribution in [0.5, 0.6) is 0 Å². The lowest BCUT2D eigenvalue weighted by Crippen LogP contribution is -2.30. The number of carbonyl (C=O) groups excluding carboxylic acids is 6. The highest BCUT2D eigenvalue weighted by molar-refractivity contribution is 5.71. The van der Waals surface area contributed by atoms with Crippen molar-refractivity contribution in [3.63, 3.8) is 0 Å². The van der Waals surface area contributed by atoms with Crippen LogP contribution < -0.4 is 5.32 Å². The summed E-state index contributed by atoms with van der Waals surface area (Å²) < 4.78 is 30.5. The van der Waals surface area contributed by atoms with E-state index in [0.717, 1.165) is 64.2 Å². The number of hydrogen-bond acceptors (Lipinski definition) is 13. The fraction of sp³-hybridized carbons (Fsp3) is 0.824. The first-order valence-electron chi connectivity index (χ1n) is 17.4. The van der Waals surface area contributed by atoms with Crippen molar-refractivity contribution < 1.29 is 57.2 Å². The van der Waals surface area contributed by atoms with Gasteiger partial charge in [-0.1, -0.05) is 78.1 Å². The zero-order valence-corrected chi connectivity index (χ0v) is 28.7. The molecule has 0 saturated carbocycles. The van der Waals surface area contributed by atoms with E-state index < -0.39 is 24.1 Å². The van der Waals surface area contributed by atoms with Gasteiger partial charge >= 0.3 is 23.9 Å². The van der Waals surface area contributed by atoms with Crippen LogP contribution in [0.1, 0.15) is 129 Å². The quantitative estimate of drug-likeness (QED) is 0.0424. The normalized spacial score (nSPS) is 12.0. The Bertz CT molecular complexity index is 772. The number of hydrogen-bond donors (Lipinski definition) is 1. The molecule has 0 amide bonds. The van der Waals surface area contributed by atoms with E-state index >= 15 is 0 Å². The predicted molar refractivity (Wildman–Crippen MR) is 173 cm³/mol. The van der Waals surface area contributed by atoms with Gasteiger partial charge in [-0.15, -0.1) is 0 Å². The summed E-state index contributed by atoms with van der Waals surface area (Å²) >= 11 is 0. The standard InChI is InChI=1S/C34H59NO12/c1-3-5-7-9-11-13-17-31(38)44-25-29(23-42-27-36)46-33(40)19-15-21-35-22-16-20-34(41)47-30(24-43-28-37)26-45-32(39)18-14-12-10-8-6-4-2/h27-30,35H,3-26H2,1-2H3. The summed E-state index contributed by atoms with van der Waals surface area (Å²) in [6.45, 7) is 4.94. The lowest BCUT2D eigenvalue weighted by molar-refractivity contribution is -0.164. The molecular weight excluding hydrogens is 614 g/mol. The maximum Gasteiger partial charge on any atom is 0.306 e. The summed E-state index contributed by atoms with van der Waals surface area (Å²) in [6, 6.07) is 0. The highest BCUT2D eigenvalue weighted by atomic mass is 16.6. The van der Waals surface area contributed by atoms with Crippen LogP contribution in [-0.2, 0) is 57.2 Å². The van der Waals surface area contributed by atoms with E-state index in [1.807, 2.05) is 0 Å². The van der Waals surface area contributed by atoms with Crippen molar-refractivity contribution in [1.29, 1.82) is 0 Å². The van der Waals surface area contributed by atoms with Gasteiger partial charge in [0.05, 0.1) is 0 Å². The van der Waals surface area contributed by atoms with Gasteiger partial charge in [-0.2, -0.15) is 0 Å². The second kappa shape index (κ2) is 32.7. The Labute approximate surface area is 280 Å². The molecule has 1 N–H and O–H groups in total. The molecule has 0 saturated heterocycles. The molecule has 13 heteroatoms. The van der Waals surface area contributed by atoms with Crippen molar-refractivity contribution in [3.05, 3.63) is 0 Å². The van der Waals surface area contributed by atoms with Gasteiger partial charge in [0, 0.05) is 25.7 Å². The molecule has 47 heavy (non-hydrogen) atoms. The average molecular weight is 674 g/mol. The van der Waals surface area contributed by atoms with E-state index in [2.05, 4.69) is 19.2 Å². The third-order valence-corrected chi connectivity index (χ3v) is 7.09. The van der Waals surface area contributed by atoms with Crippen LogP contribution in [0, 0.1) is 0 Å². The molecule has 0 aliphatic rings. The predicted octanol–water partition coefficient (Wildman–Crippen LogP) is 4.89. The first kappa shape index (κ1) is 43.8. The summed E-state index contributed by atoms with van der Waals surface area (Å²) in [4.78, 5) is 69.7. The first-order valence-corrected chi connectivity index (χ1v) is 17.4. The number of carbonyl (C=O) groups is 6. The first-order chi connectivity index (χ1) is 22.9. The van der Waals surface area contributed by atoms with Crippen LogP contribution in [0.4, 0.5) is 0 Å². The van der Waals surface area contributed by atoms with Gasteiger partial charge in [0.25, 0.3) is 12.9 Å². The van der Waals surface area contributed by atoms with Crippen LogP contribution in [0.25, 0.3) is 0 Å². The number of unbranched alkanes of at least 4 members (excludes halogenated alkanes) is 10. The molecule has 0 aliphatic carbocycles. The summed E-state index contributed by atoms with van der Waals surface area (Å²) in [7, 11) is 0. The number of nitrogens with one attached hydrogen (secondary N) is 1. The van der Waals surface area contributed by atoms with Crippen molar-refractivity contribution in [2.45, 2.75) is 142 Å². The van der Waals surface area contributed by atoms with Gasteiger partial charge in [-0.3, -0.25) is 28.8 Å². The van der Waals surface area contributed by atoms with Crippen LogP contribution in [-0.4, -0.2) is 88.5 Å². The minimum atomic E-state index is -0.884. The summed E-state index contributed by atoms with van der Waals surface area (Å²) in [5.41, 5.74) is 0. The lowest BCUT2D eigenvalue weighted by Gasteiger charge is -2.17. The van der Waals surface area contributed by atoms with Gasteiger partial charge in [-0.05, 0) is 38.8 Å². The van der Waals surface area contributed by atoms with Crippen LogP contribution in [0.15, 0.2) is 0 Å². The Morgan fingerprint density at radius 1 is 0.489 bits per heavy atom. The van der Waals surface area contributed by atoms with Crippen molar-refractivity contribution in [3.8, 4) is 0 Å². The second-order valence-electron chi connectivity index (χ2n) is 11.4. The fourth-order valence-electron chi connectivity index (χ4n) is 4.47. The highest BCUT2D eigenvalue weighted by Crippen LogP contribution is 2.10. The molecule has 0 rings (SSSR count). The Morgan fingerprint density at radius 3 is 1.23 bits per heavy atom. The fourth-order valence-corrected chi connectivity index (χ4v) is 4.47.